The second kappa shape index (κ2) is 5.22. The summed E-state index contributed by atoms with van der Waals surface area (Å²) < 4.78 is 0. The third-order valence-corrected chi connectivity index (χ3v) is 6.46. The van der Waals surface area contributed by atoms with Gasteiger partial charge in [0, 0.05) is 11.5 Å². The van der Waals surface area contributed by atoms with Gasteiger partial charge in [-0.3, -0.25) is 0 Å². The van der Waals surface area contributed by atoms with Crippen LogP contribution < -0.4 is 0 Å². The summed E-state index contributed by atoms with van der Waals surface area (Å²) >= 11 is 0. The third-order valence-electron chi connectivity index (χ3n) is 6.46. The van der Waals surface area contributed by atoms with Crippen molar-refractivity contribution < 1.29 is 15.3 Å². The van der Waals surface area contributed by atoms with Crippen LogP contribution in [0.2, 0.25) is 0 Å². The zero-order valence-electron chi connectivity index (χ0n) is 14.9. The van der Waals surface area contributed by atoms with Crippen molar-refractivity contribution in [3.63, 3.8) is 0 Å². The van der Waals surface area contributed by atoms with Gasteiger partial charge in [-0.15, -0.1) is 0 Å². The summed E-state index contributed by atoms with van der Waals surface area (Å²) in [6.07, 6.45) is 1.49. The smallest absolute Gasteiger partial charge is 0.119 e. The number of benzene rings is 1. The minimum Gasteiger partial charge on any atom is -0.508 e. The molecule has 3 nitrogen and oxygen atoms in total. The van der Waals surface area contributed by atoms with E-state index in [9.17, 15) is 15.3 Å². The molecule has 1 fully saturated rings. The highest BCUT2D eigenvalue weighted by molar-refractivity contribution is 5.53. The highest BCUT2D eigenvalue weighted by Crippen LogP contribution is 2.60. The fourth-order valence-electron chi connectivity index (χ4n) is 5.63. The minimum absolute atomic E-state index is 0.0129. The molecule has 0 heterocycles. The number of hydrogen-bond donors (Lipinski definition) is 3. The molecule has 2 aliphatic carbocycles. The van der Waals surface area contributed by atoms with Gasteiger partial charge in [-0.2, -0.15) is 0 Å². The van der Waals surface area contributed by atoms with Gasteiger partial charge in [-0.05, 0) is 46.8 Å². The van der Waals surface area contributed by atoms with E-state index in [2.05, 4.69) is 20.8 Å². The maximum atomic E-state index is 11.0. The molecule has 1 aromatic carbocycles. The van der Waals surface area contributed by atoms with Crippen LogP contribution in [-0.2, 0) is 5.41 Å². The van der Waals surface area contributed by atoms with Gasteiger partial charge in [-0.1, -0.05) is 47.1 Å². The third kappa shape index (κ3) is 2.24. The van der Waals surface area contributed by atoms with E-state index < -0.39 is 12.2 Å². The van der Waals surface area contributed by atoms with Crippen LogP contribution >= 0.6 is 0 Å². The molecule has 2 aliphatic rings. The van der Waals surface area contributed by atoms with Crippen LogP contribution in [0.4, 0.5) is 0 Å². The topological polar surface area (TPSA) is 60.7 Å². The van der Waals surface area contributed by atoms with E-state index in [0.29, 0.717) is 0 Å². The predicted molar refractivity (Wildman–Crippen MR) is 91.6 cm³/mol. The molecule has 4 atom stereocenters. The van der Waals surface area contributed by atoms with Crippen LogP contribution in [0, 0.1) is 11.3 Å². The molecule has 128 valence electrons. The average molecular weight is 318 g/mol. The largest absolute Gasteiger partial charge is 0.508 e. The van der Waals surface area contributed by atoms with E-state index in [1.165, 1.54) is 0 Å². The van der Waals surface area contributed by atoms with Gasteiger partial charge in [0.1, 0.15) is 11.9 Å². The van der Waals surface area contributed by atoms with Crippen LogP contribution in [0.1, 0.15) is 82.6 Å². The van der Waals surface area contributed by atoms with Crippen molar-refractivity contribution in [2.24, 2.45) is 11.3 Å². The summed E-state index contributed by atoms with van der Waals surface area (Å²) in [4.78, 5) is 0. The molecule has 1 saturated carbocycles. The number of phenols is 1. The Balaban J connectivity index is 2.29. The first-order chi connectivity index (χ1) is 10.6. The molecule has 3 N–H and O–H groups in total. The average Bonchev–Trinajstić information content (AvgIpc) is 2.42. The van der Waals surface area contributed by atoms with Crippen molar-refractivity contribution in [1.82, 2.24) is 0 Å². The van der Waals surface area contributed by atoms with Gasteiger partial charge in [0.15, 0.2) is 0 Å². The normalized spacial score (nSPS) is 35.7. The maximum Gasteiger partial charge on any atom is 0.119 e. The summed E-state index contributed by atoms with van der Waals surface area (Å²) in [5.74, 6) is 0.349. The standard InChI is InChI=1S/C20H30O3/c1-11(2)14-13(21)8-7-12-15(14)16(22)17(23)18-19(3,4)9-6-10-20(12,18)5/h7-8,11,16-18,21-23H,6,9-10H2,1-5H3/t16-,17-,18-,20+/m0/s1. The van der Waals surface area contributed by atoms with Crippen molar-refractivity contribution >= 4 is 0 Å². The second-order valence-electron chi connectivity index (χ2n) is 8.79. The Morgan fingerprint density at radius 2 is 1.74 bits per heavy atom. The molecule has 0 unspecified atom stereocenters. The van der Waals surface area contributed by atoms with Crippen LogP contribution in [0.15, 0.2) is 12.1 Å². The molecule has 0 aliphatic heterocycles. The summed E-state index contributed by atoms with van der Waals surface area (Å²) in [5.41, 5.74) is 2.50. The molecular weight excluding hydrogens is 288 g/mol. The van der Waals surface area contributed by atoms with E-state index in [4.69, 9.17) is 0 Å². The van der Waals surface area contributed by atoms with Crippen molar-refractivity contribution in [2.45, 2.75) is 77.4 Å². The van der Waals surface area contributed by atoms with Crippen molar-refractivity contribution in [2.75, 3.05) is 0 Å². The highest BCUT2D eigenvalue weighted by Gasteiger charge is 2.56. The van der Waals surface area contributed by atoms with Crippen molar-refractivity contribution in [3.05, 3.63) is 28.8 Å². The Morgan fingerprint density at radius 3 is 2.35 bits per heavy atom. The fourth-order valence-corrected chi connectivity index (χ4v) is 5.63. The Kier molecular flexibility index (Phi) is 3.81. The predicted octanol–water partition coefficient (Wildman–Crippen LogP) is 4.01. The summed E-state index contributed by atoms with van der Waals surface area (Å²) in [6, 6.07) is 3.74. The van der Waals surface area contributed by atoms with E-state index >= 15 is 0 Å². The molecule has 0 aromatic heterocycles. The fraction of sp³-hybridized carbons (Fsp3) is 0.700. The van der Waals surface area contributed by atoms with Gasteiger partial charge >= 0.3 is 0 Å². The molecule has 3 rings (SSSR count). The van der Waals surface area contributed by atoms with Crippen molar-refractivity contribution in [3.8, 4) is 5.75 Å². The van der Waals surface area contributed by atoms with Gasteiger partial charge in [-0.25, -0.2) is 0 Å². The minimum atomic E-state index is -0.926. The van der Waals surface area contributed by atoms with Crippen molar-refractivity contribution in [1.29, 1.82) is 0 Å². The first-order valence-corrected chi connectivity index (χ1v) is 8.83. The monoisotopic (exact) mass is 318 g/mol. The Bertz CT molecular complexity index is 620. The van der Waals surface area contributed by atoms with Crippen LogP contribution in [0.5, 0.6) is 5.75 Å². The number of aromatic hydroxyl groups is 1. The second-order valence-corrected chi connectivity index (χ2v) is 8.79. The number of hydrogen-bond acceptors (Lipinski definition) is 3. The molecule has 3 heteroatoms. The lowest BCUT2D eigenvalue weighted by Gasteiger charge is -2.57. The number of fused-ring (bicyclic) bond motifs is 3. The lowest BCUT2D eigenvalue weighted by atomic mass is 9.48. The maximum absolute atomic E-state index is 11.0. The quantitative estimate of drug-likeness (QED) is 0.733. The highest BCUT2D eigenvalue weighted by atomic mass is 16.3. The van der Waals surface area contributed by atoms with E-state index in [-0.39, 0.29) is 28.4 Å². The molecule has 0 amide bonds. The number of aliphatic hydroxyl groups is 2. The van der Waals surface area contributed by atoms with Gasteiger partial charge < -0.3 is 15.3 Å². The first kappa shape index (κ1) is 16.8. The van der Waals surface area contributed by atoms with Gasteiger partial charge in [0.05, 0.1) is 6.10 Å². The zero-order chi connectivity index (χ0) is 17.2. The molecular formula is C20H30O3. The number of phenolic OH excluding ortho intramolecular Hbond substituents is 1. The Labute approximate surface area is 139 Å². The van der Waals surface area contributed by atoms with Crippen LogP contribution in [-0.4, -0.2) is 21.4 Å². The van der Waals surface area contributed by atoms with Gasteiger partial charge in [0.25, 0.3) is 0 Å². The van der Waals surface area contributed by atoms with E-state index in [1.807, 2.05) is 19.9 Å². The van der Waals surface area contributed by atoms with E-state index in [1.54, 1.807) is 6.07 Å². The lowest BCUT2D eigenvalue weighted by molar-refractivity contribution is -0.114. The lowest BCUT2D eigenvalue weighted by Crippen LogP contribution is -2.56. The van der Waals surface area contributed by atoms with Gasteiger partial charge in [0.2, 0.25) is 0 Å². The summed E-state index contributed by atoms with van der Waals surface area (Å²) in [7, 11) is 0. The molecule has 0 radical (unpaired) electrons. The molecule has 0 bridgehead atoms. The number of rotatable bonds is 1. The number of aliphatic hydroxyl groups excluding tert-OH is 2. The SMILES string of the molecule is CC(C)c1c(O)ccc2c1[C@H](O)[C@H](O)[C@H]1C(C)(C)CCC[C@]21C. The zero-order valence-corrected chi connectivity index (χ0v) is 14.9. The molecule has 0 spiro atoms. The summed E-state index contributed by atoms with van der Waals surface area (Å²) in [5, 5.41) is 32.2. The Morgan fingerprint density at radius 1 is 1.09 bits per heavy atom. The van der Waals surface area contributed by atoms with E-state index in [0.717, 1.165) is 36.0 Å². The van der Waals surface area contributed by atoms with Crippen LogP contribution in [0.3, 0.4) is 0 Å². The summed E-state index contributed by atoms with van der Waals surface area (Å²) in [6.45, 7) is 10.7. The molecule has 23 heavy (non-hydrogen) atoms. The first-order valence-electron chi connectivity index (χ1n) is 8.83. The molecule has 1 aromatic rings. The molecule has 0 saturated heterocycles. The van der Waals surface area contributed by atoms with Crippen LogP contribution in [0.25, 0.3) is 0 Å². The Hall–Kier alpha value is -1.06.